The van der Waals surface area contributed by atoms with Gasteiger partial charge in [-0.25, -0.2) is 4.98 Å². The third-order valence-electron chi connectivity index (χ3n) is 4.96. The minimum Gasteiger partial charge on any atom is -0.338 e. The van der Waals surface area contributed by atoms with Crippen LogP contribution in [0, 0.1) is 0 Å². The number of piperazine rings is 1. The Kier molecular flexibility index (Phi) is 4.64. The van der Waals surface area contributed by atoms with Gasteiger partial charge in [0.1, 0.15) is 18.3 Å². The van der Waals surface area contributed by atoms with Gasteiger partial charge in [0.05, 0.1) is 6.20 Å². The van der Waals surface area contributed by atoms with E-state index < -0.39 is 0 Å². The van der Waals surface area contributed by atoms with E-state index in [2.05, 4.69) is 10.1 Å². The lowest BCUT2D eigenvalue weighted by Crippen LogP contribution is -2.51. The van der Waals surface area contributed by atoms with Gasteiger partial charge in [-0.1, -0.05) is 18.2 Å². The average Bonchev–Trinajstić information content (AvgIpc) is 3.12. The van der Waals surface area contributed by atoms with Crippen LogP contribution in [0.5, 0.6) is 0 Å². The first kappa shape index (κ1) is 17.9. The monoisotopic (exact) mass is 380 g/mol. The number of nitrogens with zero attached hydrogens (tertiary/aromatic N) is 6. The van der Waals surface area contributed by atoms with Crippen LogP contribution in [-0.4, -0.2) is 67.1 Å². The van der Waals surface area contributed by atoms with E-state index in [0.29, 0.717) is 42.8 Å². The molecule has 1 aliphatic heterocycles. The molecule has 2 amide bonds. The zero-order valence-corrected chi connectivity index (χ0v) is 15.5. The van der Waals surface area contributed by atoms with Crippen LogP contribution in [0.2, 0.25) is 0 Å². The van der Waals surface area contributed by atoms with E-state index in [9.17, 15) is 14.4 Å². The molecule has 0 radical (unpaired) electrons. The van der Waals surface area contributed by atoms with Crippen LogP contribution in [0.15, 0.2) is 47.7 Å². The fourth-order valence-corrected chi connectivity index (χ4v) is 3.35. The smallest absolute Gasteiger partial charge is 0.264 e. The van der Waals surface area contributed by atoms with Gasteiger partial charge >= 0.3 is 0 Å². The van der Waals surface area contributed by atoms with Gasteiger partial charge < -0.3 is 9.80 Å². The van der Waals surface area contributed by atoms with Gasteiger partial charge in [-0.15, -0.1) is 0 Å². The molecule has 1 saturated heterocycles. The lowest BCUT2D eigenvalue weighted by Gasteiger charge is -2.35. The Bertz CT molecular complexity index is 1080. The van der Waals surface area contributed by atoms with Crippen molar-refractivity contribution in [2.45, 2.75) is 6.54 Å². The highest BCUT2D eigenvalue weighted by atomic mass is 16.2. The highest BCUT2D eigenvalue weighted by molar-refractivity contribution is 5.94. The first-order valence-corrected chi connectivity index (χ1v) is 9.04. The first-order chi connectivity index (χ1) is 13.5. The summed E-state index contributed by atoms with van der Waals surface area (Å²) in [5.74, 6) is -0.200. The fraction of sp³-hybridized carbons (Fsp3) is 0.316. The Morgan fingerprint density at radius 3 is 2.43 bits per heavy atom. The molecular formula is C19H20N6O3. The van der Waals surface area contributed by atoms with Crippen molar-refractivity contribution in [3.05, 3.63) is 58.8 Å². The molecule has 9 nitrogen and oxygen atoms in total. The Balaban J connectivity index is 1.40. The summed E-state index contributed by atoms with van der Waals surface area (Å²) in [6.07, 6.45) is 2.83. The van der Waals surface area contributed by atoms with Crippen molar-refractivity contribution in [1.82, 2.24) is 29.1 Å². The van der Waals surface area contributed by atoms with E-state index in [1.807, 2.05) is 18.2 Å². The summed E-state index contributed by atoms with van der Waals surface area (Å²) in [4.78, 5) is 45.3. The molecule has 0 aliphatic carbocycles. The normalized spacial score (nSPS) is 14.5. The van der Waals surface area contributed by atoms with Crippen molar-refractivity contribution in [2.75, 3.05) is 26.2 Å². The molecular weight excluding hydrogens is 360 g/mol. The minimum absolute atomic E-state index is 0.0323. The van der Waals surface area contributed by atoms with Crippen LogP contribution in [0.1, 0.15) is 10.4 Å². The van der Waals surface area contributed by atoms with E-state index in [-0.39, 0.29) is 23.9 Å². The molecule has 4 rings (SSSR count). The second-order valence-corrected chi connectivity index (χ2v) is 6.72. The van der Waals surface area contributed by atoms with Crippen molar-refractivity contribution in [2.24, 2.45) is 7.05 Å². The molecule has 1 fully saturated rings. The van der Waals surface area contributed by atoms with Crippen LogP contribution >= 0.6 is 0 Å². The van der Waals surface area contributed by atoms with Crippen LogP contribution < -0.4 is 5.56 Å². The van der Waals surface area contributed by atoms with Gasteiger partial charge in [-0.2, -0.15) is 5.10 Å². The molecule has 0 saturated carbocycles. The van der Waals surface area contributed by atoms with Gasteiger partial charge in [0.25, 0.3) is 11.5 Å². The summed E-state index contributed by atoms with van der Waals surface area (Å²) in [7, 11) is 1.71. The molecule has 1 aromatic carbocycles. The molecule has 0 atom stereocenters. The Morgan fingerprint density at radius 2 is 1.71 bits per heavy atom. The molecule has 3 aromatic rings. The number of hydrogen-bond donors (Lipinski definition) is 0. The maximum Gasteiger partial charge on any atom is 0.264 e. The third-order valence-corrected chi connectivity index (χ3v) is 4.96. The highest BCUT2D eigenvalue weighted by Gasteiger charge is 2.25. The number of aryl methyl sites for hydroxylation is 1. The number of fused-ring (bicyclic) bond motifs is 1. The summed E-state index contributed by atoms with van der Waals surface area (Å²) in [6.45, 7) is 1.73. The Morgan fingerprint density at radius 1 is 1.04 bits per heavy atom. The number of amides is 2. The zero-order valence-electron chi connectivity index (χ0n) is 15.5. The quantitative estimate of drug-likeness (QED) is 0.643. The van der Waals surface area contributed by atoms with Gasteiger partial charge in [0.15, 0.2) is 5.65 Å². The summed E-state index contributed by atoms with van der Waals surface area (Å²) in [5, 5.41) is 4.41. The van der Waals surface area contributed by atoms with Crippen molar-refractivity contribution < 1.29 is 9.59 Å². The molecule has 144 valence electrons. The topological polar surface area (TPSA) is 93.3 Å². The van der Waals surface area contributed by atoms with Crippen LogP contribution in [-0.2, 0) is 18.4 Å². The second-order valence-electron chi connectivity index (χ2n) is 6.72. The maximum absolute atomic E-state index is 12.6. The number of aromatic nitrogens is 4. The van der Waals surface area contributed by atoms with E-state index >= 15 is 0 Å². The number of benzene rings is 1. The Labute approximate surface area is 160 Å². The van der Waals surface area contributed by atoms with Crippen LogP contribution in [0.25, 0.3) is 11.0 Å². The standard InChI is InChI=1S/C19H20N6O3/c1-22-17-15(11-21-22)19(28)25(13-20-17)12-16(26)23-7-9-24(10-8-23)18(27)14-5-3-2-4-6-14/h2-6,11,13H,7-10,12H2,1H3. The zero-order chi connectivity index (χ0) is 19.7. The van der Waals surface area contributed by atoms with E-state index in [4.69, 9.17) is 0 Å². The van der Waals surface area contributed by atoms with E-state index in [1.165, 1.54) is 21.8 Å². The molecule has 0 spiro atoms. The summed E-state index contributed by atoms with van der Waals surface area (Å²) in [5.41, 5.74) is 0.843. The number of carbonyl (C=O) groups excluding carboxylic acids is 2. The predicted molar refractivity (Wildman–Crippen MR) is 102 cm³/mol. The van der Waals surface area contributed by atoms with Gasteiger partial charge in [-0.3, -0.25) is 23.6 Å². The number of rotatable bonds is 3. The molecule has 2 aromatic heterocycles. The second kappa shape index (κ2) is 7.26. The first-order valence-electron chi connectivity index (χ1n) is 9.04. The average molecular weight is 380 g/mol. The third kappa shape index (κ3) is 3.26. The number of hydrogen-bond acceptors (Lipinski definition) is 5. The van der Waals surface area contributed by atoms with Gasteiger partial charge in [-0.05, 0) is 12.1 Å². The summed E-state index contributed by atoms with van der Waals surface area (Å²) < 4.78 is 2.82. The van der Waals surface area contributed by atoms with Crippen molar-refractivity contribution in [3.8, 4) is 0 Å². The maximum atomic E-state index is 12.6. The summed E-state index contributed by atoms with van der Waals surface area (Å²) in [6, 6.07) is 9.10. The van der Waals surface area contributed by atoms with Gasteiger partial charge in [0.2, 0.25) is 5.91 Å². The lowest BCUT2D eigenvalue weighted by atomic mass is 10.2. The van der Waals surface area contributed by atoms with Crippen LogP contribution in [0.3, 0.4) is 0 Å². The molecule has 28 heavy (non-hydrogen) atoms. The van der Waals surface area contributed by atoms with E-state index in [0.717, 1.165) is 0 Å². The predicted octanol–water partition coefficient (Wildman–Crippen LogP) is 0.115. The van der Waals surface area contributed by atoms with E-state index in [1.54, 1.807) is 29.0 Å². The SMILES string of the molecule is Cn1ncc2c(=O)n(CC(=O)N3CCN(C(=O)c4ccccc4)CC3)cnc21. The molecule has 3 heterocycles. The van der Waals surface area contributed by atoms with Gasteiger partial charge in [0, 0.05) is 38.8 Å². The van der Waals surface area contributed by atoms with Crippen molar-refractivity contribution >= 4 is 22.8 Å². The number of carbonyl (C=O) groups is 2. The largest absolute Gasteiger partial charge is 0.338 e. The van der Waals surface area contributed by atoms with Crippen molar-refractivity contribution in [1.29, 1.82) is 0 Å². The molecule has 0 bridgehead atoms. The molecule has 9 heteroatoms. The fourth-order valence-electron chi connectivity index (χ4n) is 3.35. The molecule has 0 unspecified atom stereocenters. The van der Waals surface area contributed by atoms with Crippen molar-refractivity contribution in [3.63, 3.8) is 0 Å². The lowest BCUT2D eigenvalue weighted by molar-refractivity contribution is -0.133. The minimum atomic E-state index is -0.288. The van der Waals surface area contributed by atoms with Crippen LogP contribution in [0.4, 0.5) is 0 Å². The molecule has 1 aliphatic rings. The highest BCUT2D eigenvalue weighted by Crippen LogP contribution is 2.10. The molecule has 0 N–H and O–H groups in total. The summed E-state index contributed by atoms with van der Waals surface area (Å²) >= 11 is 0. The Hall–Kier alpha value is -3.49.